The molecule has 0 radical (unpaired) electrons. The number of rotatable bonds is 1. The molecule has 0 saturated heterocycles. The van der Waals surface area contributed by atoms with E-state index < -0.39 is 5.97 Å². The minimum atomic E-state index is -0.396. The zero-order valence-corrected chi connectivity index (χ0v) is 8.45. The molecule has 0 aromatic carbocycles. The van der Waals surface area contributed by atoms with Crippen molar-refractivity contribution in [3.63, 3.8) is 0 Å². The number of carbonyl (C=O) groups is 1. The van der Waals surface area contributed by atoms with E-state index in [-0.39, 0.29) is 0 Å². The van der Waals surface area contributed by atoms with Crippen molar-refractivity contribution in [3.8, 4) is 0 Å². The number of hydrogen-bond donors (Lipinski definition) is 1. The van der Waals surface area contributed by atoms with Gasteiger partial charge in [0.15, 0.2) is 0 Å². The normalized spacial score (nSPS) is 7.91. The molecule has 0 amide bonds. The first-order valence-electron chi connectivity index (χ1n) is 2.80. The second-order valence-corrected chi connectivity index (χ2v) is 1.46. The van der Waals surface area contributed by atoms with Crippen LogP contribution in [0.3, 0.4) is 0 Å². The largest absolute Gasteiger partial charge is 0.464 e. The van der Waals surface area contributed by atoms with Gasteiger partial charge in [-0.05, 0) is 11.0 Å². The molecular formula is C6H9IN2O2. The van der Waals surface area contributed by atoms with Crippen LogP contribution >= 0.6 is 22.6 Å². The highest BCUT2D eigenvalue weighted by Gasteiger charge is 2.03. The summed E-state index contributed by atoms with van der Waals surface area (Å²) in [5.74, 6) is -0.396. The van der Waals surface area contributed by atoms with Crippen molar-refractivity contribution in [1.29, 1.82) is 0 Å². The molecule has 4 nitrogen and oxygen atoms in total. The van der Waals surface area contributed by atoms with Gasteiger partial charge in [0.05, 0.1) is 7.11 Å². The summed E-state index contributed by atoms with van der Waals surface area (Å²) in [5, 5.41) is 6.03. The lowest BCUT2D eigenvalue weighted by Gasteiger charge is -1.90. The number of nitrogens with zero attached hydrogens (tertiary/aromatic N) is 1. The number of methoxy groups -OCH3 is 1. The summed E-state index contributed by atoms with van der Waals surface area (Å²) < 4.78 is 4.38. The molecule has 1 N–H and O–H groups in total. The zero-order valence-electron chi connectivity index (χ0n) is 6.30. The Bertz CT molecular complexity index is 198. The minimum absolute atomic E-state index is 0.373. The lowest BCUT2D eigenvalue weighted by atomic mass is 10.4. The summed E-state index contributed by atoms with van der Waals surface area (Å²) in [7, 11) is 1.32. The highest BCUT2D eigenvalue weighted by Crippen LogP contribution is 1.92. The van der Waals surface area contributed by atoms with Crippen LogP contribution in [0.15, 0.2) is 12.3 Å². The molecule has 1 aromatic heterocycles. The summed E-state index contributed by atoms with van der Waals surface area (Å²) in [5.41, 5.74) is 0.373. The van der Waals surface area contributed by atoms with E-state index in [1.165, 1.54) is 13.3 Å². The first-order valence-corrected chi connectivity index (χ1v) is 4.96. The van der Waals surface area contributed by atoms with Crippen molar-refractivity contribution >= 4 is 28.6 Å². The fraction of sp³-hybridized carbons (Fsp3) is 0.333. The van der Waals surface area contributed by atoms with E-state index in [1.54, 1.807) is 6.07 Å². The third-order valence-corrected chi connectivity index (χ3v) is 0.906. The third kappa shape index (κ3) is 3.35. The molecule has 1 aromatic rings. The molecule has 0 aliphatic carbocycles. The first-order chi connectivity index (χ1) is 5.34. The first kappa shape index (κ1) is 10.4. The monoisotopic (exact) mass is 268 g/mol. The van der Waals surface area contributed by atoms with E-state index >= 15 is 0 Å². The lowest BCUT2D eigenvalue weighted by Crippen LogP contribution is -2.00. The number of aromatic nitrogens is 2. The van der Waals surface area contributed by atoms with E-state index in [4.69, 9.17) is 0 Å². The predicted octanol–water partition coefficient (Wildman–Crippen LogP) is 1.25. The molecule has 0 aliphatic rings. The fourth-order valence-corrected chi connectivity index (χ4v) is 0.480. The molecule has 5 heteroatoms. The van der Waals surface area contributed by atoms with Crippen LogP contribution in [0.4, 0.5) is 0 Å². The number of hydrogen-bond acceptors (Lipinski definition) is 3. The fourth-order valence-electron chi connectivity index (χ4n) is 0.480. The summed E-state index contributed by atoms with van der Waals surface area (Å²) in [6, 6.07) is 1.55. The highest BCUT2D eigenvalue weighted by molar-refractivity contribution is 14.1. The van der Waals surface area contributed by atoms with Crippen molar-refractivity contribution in [3.05, 3.63) is 18.0 Å². The van der Waals surface area contributed by atoms with Crippen molar-refractivity contribution in [2.45, 2.75) is 0 Å². The Balaban J connectivity index is 0.000000461. The van der Waals surface area contributed by atoms with Crippen LogP contribution in [-0.2, 0) is 4.74 Å². The predicted molar refractivity (Wildman–Crippen MR) is 49.9 cm³/mol. The number of ether oxygens (including phenoxy) is 1. The molecule has 0 bridgehead atoms. The molecule has 0 unspecified atom stereocenters. The van der Waals surface area contributed by atoms with Gasteiger partial charge in [-0.3, -0.25) is 5.10 Å². The second-order valence-electron chi connectivity index (χ2n) is 1.46. The molecule has 0 aliphatic heterocycles. The van der Waals surface area contributed by atoms with Crippen molar-refractivity contribution < 1.29 is 9.53 Å². The SMILES string of the molecule is CI.COC(=O)c1ccn[nH]1. The smallest absolute Gasteiger partial charge is 0.356 e. The number of nitrogens with one attached hydrogen (secondary N) is 1. The van der Waals surface area contributed by atoms with Crippen LogP contribution < -0.4 is 0 Å². The summed E-state index contributed by atoms with van der Waals surface area (Å²) in [4.78, 5) is 12.6. The molecule has 0 fully saturated rings. The van der Waals surface area contributed by atoms with Gasteiger partial charge >= 0.3 is 5.97 Å². The average molecular weight is 268 g/mol. The van der Waals surface area contributed by atoms with E-state index in [9.17, 15) is 4.79 Å². The maximum absolute atomic E-state index is 10.6. The Morgan fingerprint density at radius 1 is 1.73 bits per heavy atom. The van der Waals surface area contributed by atoms with Crippen LogP contribution in [-0.4, -0.2) is 28.2 Å². The Morgan fingerprint density at radius 3 is 2.73 bits per heavy atom. The van der Waals surface area contributed by atoms with Crippen LogP contribution in [0.5, 0.6) is 0 Å². The number of H-pyrrole nitrogens is 1. The van der Waals surface area contributed by atoms with Crippen molar-refractivity contribution in [1.82, 2.24) is 10.2 Å². The third-order valence-electron chi connectivity index (χ3n) is 0.906. The topological polar surface area (TPSA) is 55.0 Å². The van der Waals surface area contributed by atoms with Crippen LogP contribution in [0.2, 0.25) is 0 Å². The van der Waals surface area contributed by atoms with E-state index in [0.717, 1.165) is 0 Å². The van der Waals surface area contributed by atoms with Gasteiger partial charge in [0.25, 0.3) is 0 Å². The number of aromatic amines is 1. The molecule has 1 heterocycles. The number of alkyl halides is 1. The van der Waals surface area contributed by atoms with Gasteiger partial charge in [-0.25, -0.2) is 4.79 Å². The lowest BCUT2D eigenvalue weighted by molar-refractivity contribution is 0.0594. The summed E-state index contributed by atoms with van der Waals surface area (Å²) >= 11 is 2.15. The maximum Gasteiger partial charge on any atom is 0.356 e. The Kier molecular flexibility index (Phi) is 5.81. The zero-order chi connectivity index (χ0) is 8.69. The summed E-state index contributed by atoms with van der Waals surface area (Å²) in [6.07, 6.45) is 1.49. The number of carbonyl (C=O) groups excluding carboxylic acids is 1. The molecule has 1 rings (SSSR count). The van der Waals surface area contributed by atoms with Gasteiger partial charge < -0.3 is 4.74 Å². The Hall–Kier alpha value is -0.590. The van der Waals surface area contributed by atoms with Crippen LogP contribution in [0.1, 0.15) is 10.5 Å². The standard InChI is InChI=1S/C5H6N2O2.CH3I/c1-9-5(8)4-2-3-6-7-4;1-2/h2-3H,1H3,(H,6,7);1H3. The number of halogens is 1. The van der Waals surface area contributed by atoms with Gasteiger partial charge in [-0.15, -0.1) is 0 Å². The quantitative estimate of drug-likeness (QED) is 0.473. The Morgan fingerprint density at radius 2 is 2.36 bits per heavy atom. The van der Waals surface area contributed by atoms with Crippen LogP contribution in [0.25, 0.3) is 0 Å². The molecule has 0 atom stereocenters. The summed E-state index contributed by atoms with van der Waals surface area (Å²) in [6.45, 7) is 0. The van der Waals surface area contributed by atoms with Crippen molar-refractivity contribution in [2.75, 3.05) is 12.0 Å². The molecule has 62 valence electrons. The van der Waals surface area contributed by atoms with Gasteiger partial charge in [0.1, 0.15) is 5.69 Å². The average Bonchev–Trinajstić information content (AvgIpc) is 2.59. The van der Waals surface area contributed by atoms with Gasteiger partial charge in [-0.1, -0.05) is 22.6 Å². The van der Waals surface area contributed by atoms with Crippen molar-refractivity contribution in [2.24, 2.45) is 0 Å². The van der Waals surface area contributed by atoms with E-state index in [0.29, 0.717) is 5.69 Å². The minimum Gasteiger partial charge on any atom is -0.464 e. The van der Waals surface area contributed by atoms with Crippen LogP contribution in [0, 0.1) is 0 Å². The number of esters is 1. The molecule has 0 saturated carbocycles. The maximum atomic E-state index is 10.6. The van der Waals surface area contributed by atoms with Gasteiger partial charge in [0, 0.05) is 6.20 Å². The Labute approximate surface area is 78.5 Å². The van der Waals surface area contributed by atoms with Gasteiger partial charge in [0.2, 0.25) is 0 Å². The van der Waals surface area contributed by atoms with Gasteiger partial charge in [-0.2, -0.15) is 5.10 Å². The molecule has 0 spiro atoms. The van der Waals surface area contributed by atoms with E-state index in [2.05, 4.69) is 37.5 Å². The molecular weight excluding hydrogens is 259 g/mol. The van der Waals surface area contributed by atoms with E-state index in [1.807, 2.05) is 4.93 Å². The molecule has 11 heavy (non-hydrogen) atoms. The second kappa shape index (κ2) is 6.14. The highest BCUT2D eigenvalue weighted by atomic mass is 127.